The third-order valence-electron chi connectivity index (χ3n) is 5.05. The molecule has 1 atom stereocenters. The van der Waals surface area contributed by atoms with Crippen LogP contribution in [0, 0.1) is 11.2 Å². The summed E-state index contributed by atoms with van der Waals surface area (Å²) >= 11 is 0. The number of nitrogens with zero attached hydrogens (tertiary/aromatic N) is 1. The van der Waals surface area contributed by atoms with Crippen molar-refractivity contribution in [3.63, 3.8) is 0 Å². The minimum absolute atomic E-state index is 0.0175. The minimum Gasteiger partial charge on any atom is -0.480 e. The lowest BCUT2D eigenvalue weighted by atomic mass is 9.85. The zero-order valence-electron chi connectivity index (χ0n) is 18.3. The highest BCUT2D eigenvalue weighted by Crippen LogP contribution is 2.32. The van der Waals surface area contributed by atoms with Gasteiger partial charge in [0.05, 0.1) is 12.5 Å². The number of imide groups is 1. The minimum atomic E-state index is -0.849. The van der Waals surface area contributed by atoms with Gasteiger partial charge in [0.1, 0.15) is 5.82 Å². The first kappa shape index (κ1) is 24.0. The van der Waals surface area contributed by atoms with Crippen molar-refractivity contribution in [2.24, 2.45) is 5.41 Å². The van der Waals surface area contributed by atoms with Crippen molar-refractivity contribution >= 4 is 17.8 Å². The van der Waals surface area contributed by atoms with Crippen LogP contribution >= 0.6 is 0 Å². The van der Waals surface area contributed by atoms with E-state index in [-0.39, 0.29) is 36.5 Å². The zero-order chi connectivity index (χ0) is 22.5. The molecule has 166 valence electrons. The Labute approximate surface area is 177 Å². The molecule has 0 bridgehead atoms. The van der Waals surface area contributed by atoms with Crippen LogP contribution in [0.3, 0.4) is 0 Å². The third kappa shape index (κ3) is 7.52. The molecule has 2 heterocycles. The smallest absolute Gasteiger partial charge is 0.317 e. The van der Waals surface area contributed by atoms with Gasteiger partial charge < -0.3 is 5.11 Å². The molecule has 2 N–H and O–H groups in total. The van der Waals surface area contributed by atoms with Gasteiger partial charge in [-0.15, -0.1) is 0 Å². The number of carboxylic acids is 1. The van der Waals surface area contributed by atoms with Crippen LogP contribution in [0.2, 0.25) is 0 Å². The maximum Gasteiger partial charge on any atom is 0.317 e. The summed E-state index contributed by atoms with van der Waals surface area (Å²) in [5.41, 5.74) is 1.71. The van der Waals surface area contributed by atoms with Gasteiger partial charge in [-0.25, -0.2) is 4.39 Å². The van der Waals surface area contributed by atoms with E-state index in [1.807, 2.05) is 4.90 Å². The second-order valence-corrected chi connectivity index (χ2v) is 9.73. The number of aliphatic carboxylic acids is 1. The quantitative estimate of drug-likeness (QED) is 0.726. The summed E-state index contributed by atoms with van der Waals surface area (Å²) in [6.07, 6.45) is 2.09. The number of nitrogens with one attached hydrogen (secondary N) is 1. The van der Waals surface area contributed by atoms with Gasteiger partial charge in [0, 0.05) is 6.42 Å². The number of carbonyl (C=O) groups excluding carboxylic acids is 2. The number of halogens is 1. The van der Waals surface area contributed by atoms with E-state index >= 15 is 0 Å². The molecule has 0 saturated carbocycles. The van der Waals surface area contributed by atoms with Crippen LogP contribution < -0.4 is 5.32 Å². The molecule has 2 fully saturated rings. The molecule has 6 nitrogen and oxygen atoms in total. The Morgan fingerprint density at radius 1 is 1.17 bits per heavy atom. The standard InChI is InChI=1S/C18H21FN2O4.C5H12/c19-15-9-12(14-3-4-16(22)20-18(14)25)1-2-13(15)11-5-7-21(8-6-11)10-17(23)24;1-5(2,3)4/h1-2,9,11,14H,3-8,10H2,(H,23,24)(H,20,22,25);1-4H3. The topological polar surface area (TPSA) is 86.7 Å². The van der Waals surface area contributed by atoms with Crippen LogP contribution in [0.1, 0.15) is 76.3 Å². The highest BCUT2D eigenvalue weighted by molar-refractivity contribution is 6.00. The second-order valence-electron chi connectivity index (χ2n) is 9.73. The van der Waals surface area contributed by atoms with E-state index in [9.17, 15) is 18.8 Å². The van der Waals surface area contributed by atoms with Crippen LogP contribution in [0.15, 0.2) is 18.2 Å². The largest absolute Gasteiger partial charge is 0.480 e. The van der Waals surface area contributed by atoms with E-state index in [0.717, 1.165) is 0 Å². The average Bonchev–Trinajstić information content (AvgIpc) is 2.61. The van der Waals surface area contributed by atoms with E-state index in [1.165, 1.54) is 6.07 Å². The van der Waals surface area contributed by atoms with Crippen LogP contribution in [-0.2, 0) is 14.4 Å². The first-order chi connectivity index (χ1) is 13.9. The summed E-state index contributed by atoms with van der Waals surface area (Å²) in [4.78, 5) is 35.8. The van der Waals surface area contributed by atoms with E-state index in [4.69, 9.17) is 5.11 Å². The fourth-order valence-electron chi connectivity index (χ4n) is 3.70. The monoisotopic (exact) mass is 420 g/mol. The van der Waals surface area contributed by atoms with E-state index < -0.39 is 11.9 Å². The highest BCUT2D eigenvalue weighted by Gasteiger charge is 2.29. The Morgan fingerprint density at radius 2 is 1.77 bits per heavy atom. The molecule has 0 aliphatic carbocycles. The number of likely N-dealkylation sites (tertiary alicyclic amines) is 1. The lowest BCUT2D eigenvalue weighted by molar-refractivity contribution is -0.138. The summed E-state index contributed by atoms with van der Waals surface area (Å²) in [7, 11) is 0. The number of carbonyl (C=O) groups is 3. The molecule has 0 spiro atoms. The number of benzene rings is 1. The summed E-state index contributed by atoms with van der Waals surface area (Å²) in [5.74, 6) is -2.27. The number of piperidine rings is 2. The van der Waals surface area contributed by atoms with Crippen molar-refractivity contribution in [3.05, 3.63) is 35.1 Å². The molecule has 2 aliphatic heterocycles. The normalized spacial score (nSPS) is 20.9. The molecule has 1 aromatic rings. The molecule has 2 amide bonds. The molecular formula is C23H33FN2O4. The van der Waals surface area contributed by atoms with Gasteiger partial charge in [-0.3, -0.25) is 24.6 Å². The predicted molar refractivity (Wildman–Crippen MR) is 113 cm³/mol. The van der Waals surface area contributed by atoms with Gasteiger partial charge >= 0.3 is 5.97 Å². The van der Waals surface area contributed by atoms with Crippen molar-refractivity contribution in [1.29, 1.82) is 0 Å². The van der Waals surface area contributed by atoms with Crippen molar-refractivity contribution in [2.75, 3.05) is 19.6 Å². The number of rotatable bonds is 4. The van der Waals surface area contributed by atoms with E-state index in [0.29, 0.717) is 48.9 Å². The van der Waals surface area contributed by atoms with Crippen LogP contribution in [0.4, 0.5) is 4.39 Å². The van der Waals surface area contributed by atoms with Gasteiger partial charge in [0.25, 0.3) is 0 Å². The zero-order valence-corrected chi connectivity index (χ0v) is 18.3. The van der Waals surface area contributed by atoms with Crippen molar-refractivity contribution in [3.8, 4) is 0 Å². The van der Waals surface area contributed by atoms with Gasteiger partial charge in [0.15, 0.2) is 0 Å². The van der Waals surface area contributed by atoms with Crippen molar-refractivity contribution in [2.45, 2.75) is 65.2 Å². The Kier molecular flexibility index (Phi) is 8.12. The lowest BCUT2D eigenvalue weighted by Gasteiger charge is -2.31. The molecule has 3 rings (SSSR count). The van der Waals surface area contributed by atoms with Crippen LogP contribution in [0.5, 0.6) is 0 Å². The highest BCUT2D eigenvalue weighted by atomic mass is 19.1. The van der Waals surface area contributed by atoms with Gasteiger partial charge in [0.2, 0.25) is 11.8 Å². The van der Waals surface area contributed by atoms with Crippen LogP contribution in [0.25, 0.3) is 0 Å². The third-order valence-corrected chi connectivity index (χ3v) is 5.05. The molecule has 7 heteroatoms. The molecule has 30 heavy (non-hydrogen) atoms. The number of hydrogen-bond acceptors (Lipinski definition) is 4. The molecule has 0 aromatic heterocycles. The van der Waals surface area contributed by atoms with E-state index in [1.54, 1.807) is 12.1 Å². The Balaban J connectivity index is 0.000000575. The fourth-order valence-corrected chi connectivity index (χ4v) is 3.70. The van der Waals surface area contributed by atoms with Gasteiger partial charge in [-0.2, -0.15) is 0 Å². The Morgan fingerprint density at radius 3 is 2.27 bits per heavy atom. The molecule has 0 radical (unpaired) electrons. The first-order valence-electron chi connectivity index (χ1n) is 10.5. The summed E-state index contributed by atoms with van der Waals surface area (Å²) in [6, 6.07) is 4.90. The van der Waals surface area contributed by atoms with Crippen molar-refractivity contribution in [1.82, 2.24) is 10.2 Å². The average molecular weight is 421 g/mol. The molecule has 1 unspecified atom stereocenters. The second kappa shape index (κ2) is 10.2. The lowest BCUT2D eigenvalue weighted by Crippen LogP contribution is -2.39. The summed E-state index contributed by atoms with van der Waals surface area (Å²) in [6.45, 7) is 10.0. The molecule has 2 aliphatic rings. The Hall–Kier alpha value is -2.28. The van der Waals surface area contributed by atoms with Gasteiger partial charge in [-0.1, -0.05) is 39.8 Å². The summed E-state index contributed by atoms with van der Waals surface area (Å²) < 4.78 is 14.6. The van der Waals surface area contributed by atoms with E-state index in [2.05, 4.69) is 33.0 Å². The number of amides is 2. The van der Waals surface area contributed by atoms with Crippen LogP contribution in [-0.4, -0.2) is 47.4 Å². The molecule has 2 saturated heterocycles. The van der Waals surface area contributed by atoms with Crippen molar-refractivity contribution < 1.29 is 23.9 Å². The number of carboxylic acid groups (broad SMARTS) is 1. The summed E-state index contributed by atoms with van der Waals surface area (Å²) in [5, 5.41) is 11.1. The fraction of sp³-hybridized carbons (Fsp3) is 0.609. The molecular weight excluding hydrogens is 387 g/mol. The maximum absolute atomic E-state index is 14.6. The maximum atomic E-state index is 14.6. The van der Waals surface area contributed by atoms with Gasteiger partial charge in [-0.05, 0) is 60.9 Å². The first-order valence-corrected chi connectivity index (χ1v) is 10.5. The molecule has 1 aromatic carbocycles. The SMILES string of the molecule is CC(C)(C)C.O=C(O)CN1CCC(c2ccc(C3CCC(=O)NC3=O)cc2F)CC1. The predicted octanol–water partition coefficient (Wildman–Crippen LogP) is 3.66. The Bertz CT molecular complexity index is 774. The number of hydrogen-bond donors (Lipinski definition) is 2.